The molecule has 2 saturated heterocycles. The number of allylic oxidation sites excluding steroid dienone is 2. The Labute approximate surface area is 245 Å². The molecule has 2 aromatic rings. The maximum Gasteiger partial charge on any atom is 0.258 e. The molecule has 6 atom stereocenters. The molecule has 1 saturated carbocycles. The average Bonchev–Trinajstić information content (AvgIpc) is 3.27. The summed E-state index contributed by atoms with van der Waals surface area (Å²) in [6, 6.07) is 7.96. The molecule has 2 heterocycles. The number of nitrogens with zero attached hydrogens (tertiary/aromatic N) is 1. The number of phenols is 1. The van der Waals surface area contributed by atoms with Crippen LogP contribution in [-0.4, -0.2) is 45.6 Å². The second kappa shape index (κ2) is 8.90. The van der Waals surface area contributed by atoms with E-state index in [1.165, 1.54) is 25.3 Å². The van der Waals surface area contributed by atoms with Crippen LogP contribution in [0.4, 0.5) is 10.1 Å². The number of anilines is 1. The Morgan fingerprint density at radius 1 is 1.08 bits per heavy atom. The molecule has 2 N–H and O–H groups in total. The van der Waals surface area contributed by atoms with E-state index >= 15 is 0 Å². The molecule has 2 aliphatic heterocycles. The lowest BCUT2D eigenvalue weighted by Crippen LogP contribution is -2.60. The number of rotatable bonds is 3. The van der Waals surface area contributed by atoms with Crippen molar-refractivity contribution in [3.05, 3.63) is 63.0 Å². The molecule has 0 radical (unpaired) electrons. The molecule has 2 aliphatic carbocycles. The van der Waals surface area contributed by atoms with Crippen LogP contribution < -0.4 is 15.0 Å². The first-order chi connectivity index (χ1) is 18.4. The number of phenolic OH excluding ortho intramolecular Hbond substituents is 1. The van der Waals surface area contributed by atoms with Gasteiger partial charge in [-0.05, 0) is 83.3 Å². The van der Waals surface area contributed by atoms with Crippen LogP contribution in [0.5, 0.6) is 11.5 Å². The first kappa shape index (κ1) is 26.5. The number of methoxy groups -OCH3 is 1. The summed E-state index contributed by atoms with van der Waals surface area (Å²) in [6.07, 6.45) is 1.87. The number of alkyl halides is 2. The lowest BCUT2D eigenvalue weighted by atomic mass is 9.56. The number of carbonyl (C=O) groups is 4. The fraction of sp³-hybridized carbons (Fsp3) is 0.333. The quantitative estimate of drug-likeness (QED) is 0.219. The number of benzene rings is 2. The van der Waals surface area contributed by atoms with Gasteiger partial charge in [0.05, 0.1) is 28.2 Å². The predicted molar refractivity (Wildman–Crippen MR) is 147 cm³/mol. The lowest BCUT2D eigenvalue weighted by molar-refractivity contribution is -0.127. The van der Waals surface area contributed by atoms with Crippen molar-refractivity contribution in [3.63, 3.8) is 0 Å². The van der Waals surface area contributed by atoms with Gasteiger partial charge in [-0.1, -0.05) is 11.6 Å². The average molecular weight is 685 g/mol. The van der Waals surface area contributed by atoms with E-state index in [-0.39, 0.29) is 30.0 Å². The zero-order valence-corrected chi connectivity index (χ0v) is 23.9. The minimum absolute atomic E-state index is 0.0982. The standard InChI is InChI=1S/C27H20Cl2FIN2O6/c1-39-18-9-11(8-17(31)21(18)34)20-14-6-7-15-19(23(36)32-22(15)35)16(14)10-26(28)24(37)33(25(38)27(20,26)29)13-4-2-12(30)3-5-13/h2-6,8-9,15-16,19-20,34H,7,10H2,1H3,(H,32,35,36). The first-order valence-electron chi connectivity index (χ1n) is 12.1. The van der Waals surface area contributed by atoms with Crippen molar-refractivity contribution >= 4 is 75.1 Å². The zero-order chi connectivity index (χ0) is 28.0. The molecule has 3 fully saturated rings. The number of halogens is 4. The predicted octanol–water partition coefficient (Wildman–Crippen LogP) is 4.00. The summed E-state index contributed by atoms with van der Waals surface area (Å²) < 4.78 is 19.4. The van der Waals surface area contributed by atoms with Gasteiger partial charge in [-0.25, -0.2) is 9.29 Å². The minimum atomic E-state index is -2.06. The maximum absolute atomic E-state index is 14.2. The van der Waals surface area contributed by atoms with Crippen molar-refractivity contribution < 1.29 is 33.4 Å². The van der Waals surface area contributed by atoms with E-state index in [9.17, 15) is 28.7 Å². The van der Waals surface area contributed by atoms with Crippen LogP contribution in [0.15, 0.2) is 48.0 Å². The Bertz CT molecular complexity index is 1520. The number of hydrogen-bond acceptors (Lipinski definition) is 6. The van der Waals surface area contributed by atoms with Gasteiger partial charge in [-0.15, -0.1) is 23.2 Å². The monoisotopic (exact) mass is 684 g/mol. The van der Waals surface area contributed by atoms with Crippen molar-refractivity contribution in [3.8, 4) is 11.5 Å². The maximum atomic E-state index is 14.2. The minimum Gasteiger partial charge on any atom is -0.504 e. The number of amides is 4. The summed E-state index contributed by atoms with van der Waals surface area (Å²) in [7, 11) is 1.38. The molecule has 6 unspecified atom stereocenters. The number of ether oxygens (including phenoxy) is 1. The molecule has 0 spiro atoms. The Morgan fingerprint density at radius 2 is 1.77 bits per heavy atom. The number of nitrogens with one attached hydrogen (secondary N) is 1. The summed E-state index contributed by atoms with van der Waals surface area (Å²) in [5.74, 6) is -6.13. The number of hydrogen-bond donors (Lipinski definition) is 2. The molecule has 39 heavy (non-hydrogen) atoms. The van der Waals surface area contributed by atoms with E-state index in [2.05, 4.69) is 5.32 Å². The highest BCUT2D eigenvalue weighted by Gasteiger charge is 2.76. The number of fused-ring (bicyclic) bond motifs is 4. The van der Waals surface area contributed by atoms with Crippen molar-refractivity contribution in [1.82, 2.24) is 5.32 Å². The summed E-state index contributed by atoms with van der Waals surface area (Å²) >= 11 is 16.4. The van der Waals surface area contributed by atoms with Gasteiger partial charge < -0.3 is 9.84 Å². The van der Waals surface area contributed by atoms with Crippen LogP contribution in [0.25, 0.3) is 0 Å². The van der Waals surface area contributed by atoms with Crippen LogP contribution in [0.1, 0.15) is 24.3 Å². The van der Waals surface area contributed by atoms with E-state index in [4.69, 9.17) is 27.9 Å². The highest BCUT2D eigenvalue weighted by molar-refractivity contribution is 14.1. The Morgan fingerprint density at radius 3 is 2.44 bits per heavy atom. The molecule has 2 aromatic carbocycles. The van der Waals surface area contributed by atoms with E-state index in [0.29, 0.717) is 14.7 Å². The zero-order valence-electron chi connectivity index (χ0n) is 20.2. The number of aromatic hydroxyl groups is 1. The third-order valence-electron chi connectivity index (χ3n) is 8.34. The Kier molecular flexibility index (Phi) is 6.05. The van der Waals surface area contributed by atoms with E-state index in [0.717, 1.165) is 17.0 Å². The molecule has 8 nitrogen and oxygen atoms in total. The molecule has 0 bridgehead atoms. The SMILES string of the molecule is COc1cc(C2C3=CCC4C(=O)NC(=O)C4C3CC3(Cl)C(=O)N(c4ccc(F)cc4)C(=O)C23Cl)cc(I)c1O. The fourth-order valence-corrected chi connectivity index (χ4v) is 8.16. The first-order valence-corrected chi connectivity index (χ1v) is 13.9. The molecular formula is C27H20Cl2FIN2O6. The van der Waals surface area contributed by atoms with Gasteiger partial charge in [0.2, 0.25) is 11.8 Å². The largest absolute Gasteiger partial charge is 0.504 e. The topological polar surface area (TPSA) is 113 Å². The van der Waals surface area contributed by atoms with Crippen molar-refractivity contribution in [2.24, 2.45) is 17.8 Å². The van der Waals surface area contributed by atoms with Crippen LogP contribution >= 0.6 is 45.8 Å². The van der Waals surface area contributed by atoms with Crippen molar-refractivity contribution in [2.75, 3.05) is 12.0 Å². The summed E-state index contributed by atoms with van der Waals surface area (Å²) in [5, 5.41) is 12.9. The molecule has 6 rings (SSSR count). The molecule has 4 aliphatic rings. The van der Waals surface area contributed by atoms with Crippen LogP contribution in [0.3, 0.4) is 0 Å². The Balaban J connectivity index is 1.60. The summed E-state index contributed by atoms with van der Waals surface area (Å²) in [6.45, 7) is 0. The normalized spacial score (nSPS) is 33.4. The van der Waals surface area contributed by atoms with Gasteiger partial charge >= 0.3 is 0 Å². The van der Waals surface area contributed by atoms with Gasteiger partial charge in [-0.3, -0.25) is 24.5 Å². The molecule has 12 heteroatoms. The van der Waals surface area contributed by atoms with Crippen LogP contribution in [-0.2, 0) is 19.2 Å². The number of carbonyl (C=O) groups excluding carboxylic acids is 4. The van der Waals surface area contributed by atoms with E-state index < -0.39 is 62.9 Å². The van der Waals surface area contributed by atoms with E-state index in [1.54, 1.807) is 12.1 Å². The van der Waals surface area contributed by atoms with Gasteiger partial charge in [0.1, 0.15) is 5.82 Å². The third-order valence-corrected chi connectivity index (χ3v) is 10.6. The second-order valence-corrected chi connectivity index (χ2v) is 12.6. The van der Waals surface area contributed by atoms with Crippen molar-refractivity contribution in [1.29, 1.82) is 0 Å². The highest BCUT2D eigenvalue weighted by atomic mass is 127. The third kappa shape index (κ3) is 3.46. The summed E-state index contributed by atoms with van der Waals surface area (Å²) in [4.78, 5) is 50.6. The van der Waals surface area contributed by atoms with Crippen molar-refractivity contribution in [2.45, 2.75) is 28.5 Å². The molecular weight excluding hydrogens is 665 g/mol. The van der Waals surface area contributed by atoms with Gasteiger partial charge in [-0.2, -0.15) is 0 Å². The molecule has 202 valence electrons. The smallest absolute Gasteiger partial charge is 0.258 e. The van der Waals surface area contributed by atoms with Gasteiger partial charge in [0.25, 0.3) is 11.8 Å². The van der Waals surface area contributed by atoms with Gasteiger partial charge in [0.15, 0.2) is 21.2 Å². The second-order valence-electron chi connectivity index (χ2n) is 10.2. The molecule has 0 aromatic heterocycles. The van der Waals surface area contributed by atoms with Crippen LogP contribution in [0, 0.1) is 27.1 Å². The fourth-order valence-electron chi connectivity index (χ4n) is 6.60. The van der Waals surface area contributed by atoms with Gasteiger partial charge in [0, 0.05) is 5.92 Å². The van der Waals surface area contributed by atoms with E-state index in [1.807, 2.05) is 22.6 Å². The van der Waals surface area contributed by atoms with Crippen LogP contribution in [0.2, 0.25) is 0 Å². The lowest BCUT2D eigenvalue weighted by Gasteiger charge is -2.50. The Hall–Kier alpha value is -2.70. The molecule has 4 amide bonds. The summed E-state index contributed by atoms with van der Waals surface area (Å²) in [5.41, 5.74) is 1.15. The number of imide groups is 2. The highest BCUT2D eigenvalue weighted by Crippen LogP contribution is 2.65.